The smallest absolute Gasteiger partial charge is 0.243 e. The summed E-state index contributed by atoms with van der Waals surface area (Å²) in [5.41, 5.74) is 0. The van der Waals surface area contributed by atoms with Crippen molar-refractivity contribution >= 4 is 10.0 Å². The van der Waals surface area contributed by atoms with Gasteiger partial charge in [0, 0.05) is 19.2 Å². The van der Waals surface area contributed by atoms with Crippen LogP contribution in [0.2, 0.25) is 0 Å². The number of benzene rings is 1. The zero-order valence-electron chi connectivity index (χ0n) is 11.4. The van der Waals surface area contributed by atoms with Crippen LogP contribution in [0.4, 0.5) is 0 Å². The van der Waals surface area contributed by atoms with E-state index in [1.807, 2.05) is 6.07 Å². The Morgan fingerprint density at radius 3 is 2.65 bits per heavy atom. The Balaban J connectivity index is 2.32. The molecule has 1 aromatic rings. The Kier molecular flexibility index (Phi) is 4.16. The molecule has 7 heteroatoms. The molecule has 6 nitrogen and oxygen atoms in total. The summed E-state index contributed by atoms with van der Waals surface area (Å²) in [7, 11) is -2.18. The van der Waals surface area contributed by atoms with E-state index in [1.54, 1.807) is 13.0 Å². The topological polar surface area (TPSA) is 79.6 Å². The monoisotopic (exact) mass is 296 g/mol. The van der Waals surface area contributed by atoms with Crippen LogP contribution < -0.4 is 9.47 Å². The van der Waals surface area contributed by atoms with Gasteiger partial charge in [0.05, 0.1) is 17.4 Å². The first-order valence-corrected chi connectivity index (χ1v) is 7.65. The fraction of sp³-hybridized carbons (Fsp3) is 0.462. The Labute approximate surface area is 118 Å². The normalized spacial score (nSPS) is 15.7. The first-order valence-electron chi connectivity index (χ1n) is 6.21. The highest BCUT2D eigenvalue weighted by Crippen LogP contribution is 2.33. The van der Waals surface area contributed by atoms with Gasteiger partial charge in [-0.2, -0.15) is 9.57 Å². The van der Waals surface area contributed by atoms with Gasteiger partial charge in [0.25, 0.3) is 0 Å². The summed E-state index contributed by atoms with van der Waals surface area (Å²) in [5, 5.41) is 8.67. The van der Waals surface area contributed by atoms with E-state index in [4.69, 9.17) is 14.7 Å². The van der Waals surface area contributed by atoms with E-state index >= 15 is 0 Å². The molecule has 0 aromatic heterocycles. The maximum Gasteiger partial charge on any atom is 0.243 e. The molecular weight excluding hydrogens is 280 g/mol. The van der Waals surface area contributed by atoms with Crippen molar-refractivity contribution in [1.29, 1.82) is 5.26 Å². The third-order valence-electron chi connectivity index (χ3n) is 3.20. The summed E-state index contributed by atoms with van der Waals surface area (Å²) in [6.45, 7) is 2.55. The van der Waals surface area contributed by atoms with Crippen LogP contribution in [0.5, 0.6) is 11.5 Å². The first-order chi connectivity index (χ1) is 9.46. The molecule has 0 N–H and O–H groups in total. The molecule has 0 saturated heterocycles. The van der Waals surface area contributed by atoms with Gasteiger partial charge in [-0.05, 0) is 19.1 Å². The third kappa shape index (κ3) is 2.71. The number of hydrogen-bond acceptors (Lipinski definition) is 5. The zero-order valence-corrected chi connectivity index (χ0v) is 12.2. The van der Waals surface area contributed by atoms with Crippen LogP contribution in [-0.2, 0) is 10.0 Å². The highest BCUT2D eigenvalue weighted by atomic mass is 32.2. The van der Waals surface area contributed by atoms with Gasteiger partial charge in [-0.3, -0.25) is 0 Å². The molecule has 1 aliphatic rings. The minimum atomic E-state index is -3.65. The van der Waals surface area contributed by atoms with Crippen LogP contribution in [0, 0.1) is 11.3 Å². The van der Waals surface area contributed by atoms with Crippen molar-refractivity contribution in [2.75, 3.05) is 20.3 Å². The molecule has 0 fully saturated rings. The first kappa shape index (κ1) is 14.6. The second kappa shape index (κ2) is 5.69. The van der Waals surface area contributed by atoms with Gasteiger partial charge in [-0.1, -0.05) is 0 Å². The molecule has 1 aromatic carbocycles. The van der Waals surface area contributed by atoms with Gasteiger partial charge < -0.3 is 9.47 Å². The quantitative estimate of drug-likeness (QED) is 0.838. The van der Waals surface area contributed by atoms with E-state index in [0.717, 1.165) is 0 Å². The van der Waals surface area contributed by atoms with Gasteiger partial charge in [-0.25, -0.2) is 8.42 Å². The summed E-state index contributed by atoms with van der Waals surface area (Å²) in [4.78, 5) is 0.133. The van der Waals surface area contributed by atoms with Crippen molar-refractivity contribution in [3.8, 4) is 17.6 Å². The second-order valence-corrected chi connectivity index (χ2v) is 6.54. The molecule has 1 aliphatic heterocycles. The molecule has 0 amide bonds. The van der Waals surface area contributed by atoms with Crippen molar-refractivity contribution in [3.05, 3.63) is 18.2 Å². The number of nitrogens with zero attached hydrogens (tertiary/aromatic N) is 2. The second-order valence-electron chi connectivity index (χ2n) is 4.54. The molecule has 0 bridgehead atoms. The lowest BCUT2D eigenvalue weighted by atomic mass is 10.3. The SMILES string of the molecule is CC(CC#N)N(C)S(=O)(=O)c1ccc2c(c1)OCCO2. The molecule has 0 radical (unpaired) electrons. The van der Waals surface area contributed by atoms with Gasteiger partial charge in [0.15, 0.2) is 11.5 Å². The van der Waals surface area contributed by atoms with E-state index < -0.39 is 16.1 Å². The minimum Gasteiger partial charge on any atom is -0.486 e. The maximum absolute atomic E-state index is 12.5. The molecule has 20 heavy (non-hydrogen) atoms. The van der Waals surface area contributed by atoms with Crippen LogP contribution >= 0.6 is 0 Å². The molecule has 0 aliphatic carbocycles. The number of ether oxygens (including phenoxy) is 2. The molecule has 108 valence electrons. The summed E-state index contributed by atoms with van der Waals surface area (Å²) in [6.07, 6.45) is 0.139. The number of fused-ring (bicyclic) bond motifs is 1. The maximum atomic E-state index is 12.5. The number of nitriles is 1. The van der Waals surface area contributed by atoms with Crippen LogP contribution in [0.15, 0.2) is 23.1 Å². The van der Waals surface area contributed by atoms with Crippen molar-refractivity contribution in [3.63, 3.8) is 0 Å². The minimum absolute atomic E-state index is 0.133. The van der Waals surface area contributed by atoms with E-state index in [-0.39, 0.29) is 11.3 Å². The lowest BCUT2D eigenvalue weighted by Crippen LogP contribution is -2.34. The van der Waals surface area contributed by atoms with Crippen molar-refractivity contribution < 1.29 is 17.9 Å². The van der Waals surface area contributed by atoms with Gasteiger partial charge in [-0.15, -0.1) is 0 Å². The fourth-order valence-corrected chi connectivity index (χ4v) is 3.22. The molecule has 1 heterocycles. The highest BCUT2D eigenvalue weighted by molar-refractivity contribution is 7.89. The van der Waals surface area contributed by atoms with Gasteiger partial charge >= 0.3 is 0 Å². The van der Waals surface area contributed by atoms with Gasteiger partial charge in [0.2, 0.25) is 10.0 Å². The van der Waals surface area contributed by atoms with Crippen LogP contribution in [0.3, 0.4) is 0 Å². The van der Waals surface area contributed by atoms with E-state index in [1.165, 1.54) is 23.5 Å². The molecular formula is C13H16N2O4S. The van der Waals surface area contributed by atoms with E-state index in [0.29, 0.717) is 24.7 Å². The molecule has 1 unspecified atom stereocenters. The number of hydrogen-bond donors (Lipinski definition) is 0. The van der Waals surface area contributed by atoms with Crippen molar-refractivity contribution in [1.82, 2.24) is 4.31 Å². The average molecular weight is 296 g/mol. The summed E-state index contributed by atoms with van der Waals surface area (Å²) in [6, 6.07) is 6.11. The Bertz CT molecular complexity index is 636. The van der Waals surface area contributed by atoms with Crippen molar-refractivity contribution in [2.24, 2.45) is 0 Å². The predicted octanol–water partition coefficient (Wildman–Crippen LogP) is 1.38. The van der Waals surface area contributed by atoms with Gasteiger partial charge in [0.1, 0.15) is 13.2 Å². The standard InChI is InChI=1S/C13H16N2O4S/c1-10(5-6-14)15(2)20(16,17)11-3-4-12-13(9-11)19-8-7-18-12/h3-4,9-10H,5,7-8H2,1-2H3. The van der Waals surface area contributed by atoms with Crippen LogP contribution in [0.25, 0.3) is 0 Å². The predicted molar refractivity (Wildman–Crippen MR) is 72.1 cm³/mol. The number of sulfonamides is 1. The van der Waals surface area contributed by atoms with Crippen LogP contribution in [0.1, 0.15) is 13.3 Å². The third-order valence-corrected chi connectivity index (χ3v) is 5.17. The Morgan fingerprint density at radius 2 is 2.00 bits per heavy atom. The van der Waals surface area contributed by atoms with E-state index in [9.17, 15) is 8.42 Å². The summed E-state index contributed by atoms with van der Waals surface area (Å²) < 4.78 is 36.9. The van der Waals surface area contributed by atoms with Crippen LogP contribution in [-0.4, -0.2) is 39.0 Å². The van der Waals surface area contributed by atoms with E-state index in [2.05, 4.69) is 0 Å². The molecule has 1 atom stereocenters. The number of rotatable bonds is 4. The average Bonchev–Trinajstić information content (AvgIpc) is 2.46. The van der Waals surface area contributed by atoms with Crippen molar-refractivity contribution in [2.45, 2.75) is 24.3 Å². The zero-order chi connectivity index (χ0) is 14.8. The Morgan fingerprint density at radius 1 is 1.35 bits per heavy atom. The summed E-state index contributed by atoms with van der Waals surface area (Å²) >= 11 is 0. The Hall–Kier alpha value is -1.78. The largest absolute Gasteiger partial charge is 0.486 e. The molecule has 0 spiro atoms. The highest BCUT2D eigenvalue weighted by Gasteiger charge is 2.27. The lowest BCUT2D eigenvalue weighted by Gasteiger charge is -2.24. The molecule has 2 rings (SSSR count). The molecule has 0 saturated carbocycles. The lowest BCUT2D eigenvalue weighted by molar-refractivity contribution is 0.171. The summed E-state index contributed by atoms with van der Waals surface area (Å²) in [5.74, 6) is 0.974. The fourth-order valence-electron chi connectivity index (χ4n) is 1.85.